The SMILES string of the molecule is C[Si](C)(C)C1=CC=CC1.[CH2-]CCCCC.[CH2-]CCCCC.[CH2-]CCCCC.[Pt]. The molecule has 0 unspecified atom stereocenters. The summed E-state index contributed by atoms with van der Waals surface area (Å²) in [5, 5.41) is 1.68. The van der Waals surface area contributed by atoms with Gasteiger partial charge in [-0.05, 0) is 6.42 Å². The van der Waals surface area contributed by atoms with Crippen LogP contribution in [0.4, 0.5) is 0 Å². The van der Waals surface area contributed by atoms with Crippen LogP contribution in [0.5, 0.6) is 0 Å². The molecular formula is C26H53PtSi-3. The second-order valence-corrected chi connectivity index (χ2v) is 13.4. The van der Waals surface area contributed by atoms with Crippen LogP contribution in [-0.4, -0.2) is 8.07 Å². The van der Waals surface area contributed by atoms with Gasteiger partial charge in [-0.3, -0.25) is 0 Å². The van der Waals surface area contributed by atoms with Gasteiger partial charge in [-0.25, -0.2) is 0 Å². The van der Waals surface area contributed by atoms with E-state index in [2.05, 4.69) is 79.4 Å². The Kier molecular flexibility index (Phi) is 37.8. The zero-order chi connectivity index (χ0) is 21.4. The van der Waals surface area contributed by atoms with E-state index in [0.29, 0.717) is 0 Å². The fourth-order valence-corrected chi connectivity index (χ4v) is 3.61. The molecule has 0 spiro atoms. The third kappa shape index (κ3) is 33.9. The van der Waals surface area contributed by atoms with Gasteiger partial charge in [0.25, 0.3) is 0 Å². The van der Waals surface area contributed by atoms with E-state index in [9.17, 15) is 0 Å². The third-order valence-corrected chi connectivity index (χ3v) is 6.59. The van der Waals surface area contributed by atoms with Gasteiger partial charge in [-0.2, -0.15) is 19.3 Å². The van der Waals surface area contributed by atoms with E-state index < -0.39 is 8.07 Å². The molecule has 0 radical (unpaired) electrons. The summed E-state index contributed by atoms with van der Waals surface area (Å²) in [6, 6.07) is 0. The average Bonchev–Trinajstić information content (AvgIpc) is 3.20. The Morgan fingerprint density at radius 2 is 1.07 bits per heavy atom. The summed E-state index contributed by atoms with van der Waals surface area (Å²) in [5.41, 5.74) is 0. The fraction of sp³-hybridized carbons (Fsp3) is 0.731. The topological polar surface area (TPSA) is 0 Å². The van der Waals surface area contributed by atoms with Gasteiger partial charge >= 0.3 is 0 Å². The first-order valence-corrected chi connectivity index (χ1v) is 15.1. The molecule has 0 saturated heterocycles. The fourth-order valence-electron chi connectivity index (χ4n) is 2.28. The molecule has 0 amide bonds. The average molecular weight is 589 g/mol. The zero-order valence-corrected chi connectivity index (χ0v) is 23.6. The second kappa shape index (κ2) is 29.6. The van der Waals surface area contributed by atoms with E-state index in [0.717, 1.165) is 19.3 Å². The standard InChI is InChI=1S/C8H14Si.3C6H13.Pt/c1-9(2,3)8-6-4-5-7-8;3*1-3-5-6-4-2;/h4-6H,7H2,1-3H3;3*1,3-6H2,2H3;/q;3*-1;. The predicted octanol–water partition coefficient (Wildman–Crippen LogP) is 9.95. The zero-order valence-electron chi connectivity index (χ0n) is 20.4. The molecule has 2 heteroatoms. The Morgan fingerprint density at radius 3 is 1.18 bits per heavy atom. The van der Waals surface area contributed by atoms with E-state index >= 15 is 0 Å². The van der Waals surface area contributed by atoms with Crippen LogP contribution in [0.15, 0.2) is 23.4 Å². The first-order chi connectivity index (χ1) is 12.8. The van der Waals surface area contributed by atoms with Crippen molar-refractivity contribution in [2.45, 2.75) is 124 Å². The normalized spacial score (nSPS) is 11.7. The molecule has 1 aliphatic carbocycles. The summed E-state index contributed by atoms with van der Waals surface area (Å²) in [4.78, 5) is 0. The molecule has 0 saturated carbocycles. The third-order valence-electron chi connectivity index (χ3n) is 4.30. The van der Waals surface area contributed by atoms with Gasteiger partial charge in [0.15, 0.2) is 0 Å². The minimum Gasteiger partial charge on any atom is -0.343 e. The van der Waals surface area contributed by atoms with Crippen LogP contribution in [0.2, 0.25) is 19.6 Å². The monoisotopic (exact) mass is 588 g/mol. The van der Waals surface area contributed by atoms with Gasteiger partial charge in [0.05, 0.1) is 8.07 Å². The molecule has 0 bridgehead atoms. The van der Waals surface area contributed by atoms with E-state index in [1.165, 1.54) is 64.2 Å². The van der Waals surface area contributed by atoms with Gasteiger partial charge in [-0.15, -0.1) is 0 Å². The predicted molar refractivity (Wildman–Crippen MR) is 134 cm³/mol. The maximum Gasteiger partial charge on any atom is 0.0728 e. The molecule has 0 aromatic rings. The molecule has 0 atom stereocenters. The van der Waals surface area contributed by atoms with Crippen LogP contribution in [0, 0.1) is 20.8 Å². The van der Waals surface area contributed by atoms with E-state index in [-0.39, 0.29) is 21.1 Å². The van der Waals surface area contributed by atoms with Gasteiger partial charge in [0, 0.05) is 21.1 Å². The number of rotatable bonds is 10. The quantitative estimate of drug-likeness (QED) is 0.135. The van der Waals surface area contributed by atoms with Crippen LogP contribution in [0.3, 0.4) is 0 Å². The molecule has 1 aliphatic rings. The Bertz CT molecular complexity index is 282. The number of hydrogen-bond acceptors (Lipinski definition) is 0. The largest absolute Gasteiger partial charge is 0.343 e. The minimum atomic E-state index is -0.926. The van der Waals surface area contributed by atoms with Crippen LogP contribution in [-0.2, 0) is 21.1 Å². The molecule has 0 N–H and O–H groups in total. The molecule has 28 heavy (non-hydrogen) atoms. The van der Waals surface area contributed by atoms with Crippen molar-refractivity contribution in [3.8, 4) is 0 Å². The number of allylic oxidation sites excluding steroid dienone is 4. The van der Waals surface area contributed by atoms with Crippen molar-refractivity contribution in [1.82, 2.24) is 0 Å². The minimum absolute atomic E-state index is 0. The van der Waals surface area contributed by atoms with Gasteiger partial charge < -0.3 is 20.8 Å². The molecule has 1 rings (SSSR count). The summed E-state index contributed by atoms with van der Waals surface area (Å²) in [6.45, 7) is 25.0. The molecule has 0 aromatic heterocycles. The van der Waals surface area contributed by atoms with E-state index in [4.69, 9.17) is 0 Å². The smallest absolute Gasteiger partial charge is 0.0728 e. The van der Waals surface area contributed by atoms with Crippen molar-refractivity contribution in [2.75, 3.05) is 0 Å². The van der Waals surface area contributed by atoms with Crippen LogP contribution in [0.1, 0.15) is 104 Å². The molecule has 174 valence electrons. The van der Waals surface area contributed by atoms with Crippen molar-refractivity contribution in [3.63, 3.8) is 0 Å². The van der Waals surface area contributed by atoms with Crippen molar-refractivity contribution < 1.29 is 21.1 Å². The maximum absolute atomic E-state index is 3.72. The Labute approximate surface area is 196 Å². The molecule has 0 aliphatic heterocycles. The van der Waals surface area contributed by atoms with Gasteiger partial charge in [-0.1, -0.05) is 122 Å². The van der Waals surface area contributed by atoms with E-state index in [1.807, 2.05) is 0 Å². The van der Waals surface area contributed by atoms with E-state index in [1.54, 1.807) is 5.20 Å². The summed E-state index contributed by atoms with van der Waals surface area (Å²) in [5.74, 6) is 0. The summed E-state index contributed by atoms with van der Waals surface area (Å²) >= 11 is 0. The Balaban J connectivity index is -0.000000139. The van der Waals surface area contributed by atoms with Crippen molar-refractivity contribution in [2.24, 2.45) is 0 Å². The Hall–Kier alpha value is 0.385. The van der Waals surface area contributed by atoms with Crippen molar-refractivity contribution in [1.29, 1.82) is 0 Å². The maximum atomic E-state index is 3.72. The van der Waals surface area contributed by atoms with Crippen LogP contribution < -0.4 is 0 Å². The molecule has 0 fully saturated rings. The number of hydrogen-bond donors (Lipinski definition) is 0. The van der Waals surface area contributed by atoms with Crippen LogP contribution in [0.25, 0.3) is 0 Å². The van der Waals surface area contributed by atoms with Crippen molar-refractivity contribution in [3.05, 3.63) is 44.2 Å². The van der Waals surface area contributed by atoms with Gasteiger partial charge in [0.2, 0.25) is 0 Å². The van der Waals surface area contributed by atoms with Crippen molar-refractivity contribution >= 4 is 8.07 Å². The number of unbranched alkanes of at least 4 members (excludes halogenated alkanes) is 9. The van der Waals surface area contributed by atoms with Gasteiger partial charge in [0.1, 0.15) is 0 Å². The molecule has 0 heterocycles. The summed E-state index contributed by atoms with van der Waals surface area (Å²) in [7, 11) is -0.926. The molecule has 0 nitrogen and oxygen atoms in total. The first kappa shape index (κ1) is 35.8. The first-order valence-electron chi connectivity index (χ1n) is 11.6. The van der Waals surface area contributed by atoms with Crippen LogP contribution >= 0.6 is 0 Å². The second-order valence-electron chi connectivity index (χ2n) is 8.26. The Morgan fingerprint density at radius 1 is 0.714 bits per heavy atom. The summed E-state index contributed by atoms with van der Waals surface area (Å²) in [6.07, 6.45) is 23.1. The molecular weight excluding hydrogens is 535 g/mol. The summed E-state index contributed by atoms with van der Waals surface area (Å²) < 4.78 is 0. The molecule has 0 aromatic carbocycles.